The zero-order valence-corrected chi connectivity index (χ0v) is 23.5. The fraction of sp³-hybridized carbons (Fsp3) is 0.235. The number of carbonyl (C=O) groups excluding carboxylic acids is 2. The molecule has 4 aromatic rings. The van der Waals surface area contributed by atoms with Gasteiger partial charge in [0, 0.05) is 29.3 Å². The van der Waals surface area contributed by atoms with Crippen molar-refractivity contribution in [2.45, 2.75) is 50.5 Å². The molecule has 2 aliphatic rings. The van der Waals surface area contributed by atoms with E-state index < -0.39 is 0 Å². The van der Waals surface area contributed by atoms with Crippen LogP contribution in [-0.4, -0.2) is 16.7 Å². The number of aryl methyl sites for hydroxylation is 2. The van der Waals surface area contributed by atoms with E-state index in [0.717, 1.165) is 64.6 Å². The zero-order valence-electron chi connectivity index (χ0n) is 21.9. The van der Waals surface area contributed by atoms with Crippen LogP contribution in [0.2, 0.25) is 0 Å². The van der Waals surface area contributed by atoms with Crippen molar-refractivity contribution in [2.24, 2.45) is 0 Å². The van der Waals surface area contributed by atoms with E-state index >= 15 is 0 Å². The normalized spacial score (nSPS) is 13.6. The van der Waals surface area contributed by atoms with Gasteiger partial charge >= 0.3 is 0 Å². The molecule has 0 spiro atoms. The lowest BCUT2D eigenvalue weighted by molar-refractivity contribution is 0.0964. The fourth-order valence-electron chi connectivity index (χ4n) is 4.65. The Morgan fingerprint density at radius 3 is 1.74 bits per heavy atom. The molecule has 0 bridgehead atoms. The van der Waals surface area contributed by atoms with E-state index in [0.29, 0.717) is 19.4 Å². The van der Waals surface area contributed by atoms with Crippen LogP contribution in [0.25, 0.3) is 0 Å². The third-order valence-electron chi connectivity index (χ3n) is 6.71. The van der Waals surface area contributed by atoms with Crippen molar-refractivity contribution >= 4 is 27.5 Å². The highest BCUT2D eigenvalue weighted by molar-refractivity contribution is 9.08. The first-order valence-electron chi connectivity index (χ1n) is 13.3. The Bertz CT molecular complexity index is 1380. The molecule has 6 rings (SSSR count). The molecule has 200 valence electrons. The SMILES string of the molecule is BrCc1ccccc1.O=C1CCCc2cc(O)ccc21.O=C1CCCc2cc(OCc3ccccc3)ccc21. The Labute approximate surface area is 238 Å². The number of phenolic OH excluding ortho intramolecular Hbond substituents is 1. The number of hydrogen-bond donors (Lipinski definition) is 1. The fourth-order valence-corrected chi connectivity index (χ4v) is 5.03. The van der Waals surface area contributed by atoms with Crippen molar-refractivity contribution in [3.8, 4) is 11.5 Å². The van der Waals surface area contributed by atoms with Gasteiger partial charge in [-0.3, -0.25) is 9.59 Å². The van der Waals surface area contributed by atoms with Crippen LogP contribution < -0.4 is 4.74 Å². The third kappa shape index (κ3) is 8.39. The molecule has 0 fully saturated rings. The molecule has 0 atom stereocenters. The van der Waals surface area contributed by atoms with E-state index in [1.807, 2.05) is 66.7 Å². The Balaban J connectivity index is 0.000000150. The van der Waals surface area contributed by atoms with Gasteiger partial charge in [-0.15, -0.1) is 0 Å². The number of alkyl halides is 1. The molecule has 0 aromatic heterocycles. The van der Waals surface area contributed by atoms with Crippen molar-refractivity contribution in [2.75, 3.05) is 0 Å². The molecule has 4 nitrogen and oxygen atoms in total. The van der Waals surface area contributed by atoms with Crippen molar-refractivity contribution < 1.29 is 19.4 Å². The molecule has 39 heavy (non-hydrogen) atoms. The number of hydrogen-bond acceptors (Lipinski definition) is 4. The summed E-state index contributed by atoms with van der Waals surface area (Å²) in [7, 11) is 0. The van der Waals surface area contributed by atoms with Crippen LogP contribution in [0.5, 0.6) is 11.5 Å². The van der Waals surface area contributed by atoms with E-state index in [9.17, 15) is 9.59 Å². The van der Waals surface area contributed by atoms with Gasteiger partial charge in [0.1, 0.15) is 18.1 Å². The second-order valence-electron chi connectivity index (χ2n) is 9.61. The van der Waals surface area contributed by atoms with Crippen LogP contribution in [0.3, 0.4) is 0 Å². The number of halogens is 1. The topological polar surface area (TPSA) is 63.6 Å². The first kappa shape index (κ1) is 28.3. The molecule has 0 amide bonds. The molecular formula is C34H33BrO4. The second kappa shape index (κ2) is 14.5. The minimum absolute atomic E-state index is 0.205. The summed E-state index contributed by atoms with van der Waals surface area (Å²) in [5.74, 6) is 1.56. The van der Waals surface area contributed by atoms with Gasteiger partial charge in [-0.05, 0) is 84.3 Å². The number of benzene rings is 4. The molecule has 1 N–H and O–H groups in total. The highest BCUT2D eigenvalue weighted by atomic mass is 79.9. The number of rotatable bonds is 4. The molecular weight excluding hydrogens is 552 g/mol. The second-order valence-corrected chi connectivity index (χ2v) is 10.2. The van der Waals surface area contributed by atoms with Gasteiger partial charge in [-0.1, -0.05) is 76.6 Å². The molecule has 0 radical (unpaired) electrons. The number of fused-ring (bicyclic) bond motifs is 2. The number of Topliss-reactive ketones (excluding diaryl/α,β-unsaturated/α-hetero) is 2. The lowest BCUT2D eigenvalue weighted by Crippen LogP contribution is -2.10. The van der Waals surface area contributed by atoms with Crippen LogP contribution in [0.1, 0.15) is 68.7 Å². The summed E-state index contributed by atoms with van der Waals surface area (Å²) in [6.07, 6.45) is 5.08. The number of aromatic hydroxyl groups is 1. The Hall–Kier alpha value is -3.70. The number of ketones is 2. The zero-order chi connectivity index (χ0) is 27.5. The third-order valence-corrected chi connectivity index (χ3v) is 7.36. The monoisotopic (exact) mass is 584 g/mol. The lowest BCUT2D eigenvalue weighted by Gasteiger charge is -2.16. The first-order chi connectivity index (χ1) is 19.0. The molecule has 0 heterocycles. The van der Waals surface area contributed by atoms with E-state index in [-0.39, 0.29) is 17.3 Å². The molecule has 5 heteroatoms. The summed E-state index contributed by atoms with van der Waals surface area (Å²) >= 11 is 3.36. The smallest absolute Gasteiger partial charge is 0.163 e. The maximum atomic E-state index is 11.7. The number of phenols is 1. The van der Waals surface area contributed by atoms with Gasteiger partial charge in [0.15, 0.2) is 11.6 Å². The summed E-state index contributed by atoms with van der Waals surface area (Å²) in [4.78, 5) is 23.1. The van der Waals surface area contributed by atoms with Crippen molar-refractivity contribution in [1.82, 2.24) is 0 Å². The predicted octanol–water partition coefficient (Wildman–Crippen LogP) is 8.28. The van der Waals surface area contributed by atoms with Crippen LogP contribution in [-0.2, 0) is 24.8 Å². The Kier molecular flexibility index (Phi) is 10.5. The predicted molar refractivity (Wildman–Crippen MR) is 159 cm³/mol. The van der Waals surface area contributed by atoms with Crippen molar-refractivity contribution in [3.63, 3.8) is 0 Å². The van der Waals surface area contributed by atoms with Gasteiger partial charge in [-0.2, -0.15) is 0 Å². The average molecular weight is 586 g/mol. The molecule has 2 aliphatic carbocycles. The molecule has 0 aliphatic heterocycles. The van der Waals surface area contributed by atoms with Gasteiger partial charge in [0.25, 0.3) is 0 Å². The van der Waals surface area contributed by atoms with Gasteiger partial charge in [0.2, 0.25) is 0 Å². The number of ether oxygens (including phenoxy) is 1. The van der Waals surface area contributed by atoms with Crippen LogP contribution in [0.4, 0.5) is 0 Å². The quantitative estimate of drug-likeness (QED) is 0.245. The minimum atomic E-state index is 0.205. The summed E-state index contributed by atoms with van der Waals surface area (Å²) in [6, 6.07) is 31.1. The highest BCUT2D eigenvalue weighted by Crippen LogP contribution is 2.26. The van der Waals surface area contributed by atoms with Crippen LogP contribution >= 0.6 is 15.9 Å². The Morgan fingerprint density at radius 1 is 0.641 bits per heavy atom. The lowest BCUT2D eigenvalue weighted by atomic mass is 9.90. The van der Waals surface area contributed by atoms with Crippen LogP contribution in [0.15, 0.2) is 97.1 Å². The summed E-state index contributed by atoms with van der Waals surface area (Å²) in [5, 5.41) is 10.1. The molecule has 0 saturated heterocycles. The molecule has 0 unspecified atom stereocenters. The summed E-state index contributed by atoms with van der Waals surface area (Å²) in [5.41, 5.74) is 6.26. The van der Waals surface area contributed by atoms with Gasteiger partial charge < -0.3 is 9.84 Å². The van der Waals surface area contributed by atoms with Crippen molar-refractivity contribution in [3.05, 3.63) is 130 Å². The van der Waals surface area contributed by atoms with Crippen LogP contribution in [0, 0.1) is 0 Å². The largest absolute Gasteiger partial charge is 0.508 e. The summed E-state index contributed by atoms with van der Waals surface area (Å²) < 4.78 is 5.78. The highest BCUT2D eigenvalue weighted by Gasteiger charge is 2.18. The van der Waals surface area contributed by atoms with E-state index in [1.54, 1.807) is 18.2 Å². The van der Waals surface area contributed by atoms with E-state index in [2.05, 4.69) is 28.1 Å². The first-order valence-corrected chi connectivity index (χ1v) is 14.4. The van der Waals surface area contributed by atoms with Crippen molar-refractivity contribution in [1.29, 1.82) is 0 Å². The molecule has 0 saturated carbocycles. The number of carbonyl (C=O) groups is 2. The van der Waals surface area contributed by atoms with E-state index in [4.69, 9.17) is 9.84 Å². The van der Waals surface area contributed by atoms with Gasteiger partial charge in [0.05, 0.1) is 0 Å². The summed E-state index contributed by atoms with van der Waals surface area (Å²) in [6.45, 7) is 0.563. The maximum absolute atomic E-state index is 11.7. The minimum Gasteiger partial charge on any atom is -0.508 e. The standard InChI is InChI=1S/C17H16O2.C10H10O2.C7H7Br/c18-17-8-4-7-14-11-15(9-10-16(14)17)19-12-13-5-2-1-3-6-13;11-8-4-5-9-7(6-8)2-1-3-10(9)12;8-6-7-4-2-1-3-5-7/h1-3,5-6,9-11H,4,7-8,12H2;4-6,11H,1-3H2;1-5H,6H2. The maximum Gasteiger partial charge on any atom is 0.163 e. The Morgan fingerprint density at radius 2 is 1.18 bits per heavy atom. The van der Waals surface area contributed by atoms with E-state index in [1.165, 1.54) is 5.56 Å². The average Bonchev–Trinajstić information content (AvgIpc) is 2.98. The molecule has 4 aromatic carbocycles. The van der Waals surface area contributed by atoms with Gasteiger partial charge in [-0.25, -0.2) is 0 Å².